The molecule has 0 amide bonds. The Labute approximate surface area is 160 Å². The van der Waals surface area contributed by atoms with Gasteiger partial charge in [-0.2, -0.15) is 0 Å². The lowest BCUT2D eigenvalue weighted by atomic mass is 9.78. The first-order valence-corrected chi connectivity index (χ1v) is 9.27. The van der Waals surface area contributed by atoms with Crippen molar-refractivity contribution in [3.8, 4) is 28.6 Å². The summed E-state index contributed by atoms with van der Waals surface area (Å²) in [7, 11) is 0. The number of nitrogens with zero attached hydrogens (tertiary/aromatic N) is 5. The normalized spacial score (nSPS) is 26.3. The zero-order valence-electron chi connectivity index (χ0n) is 14.9. The largest absolute Gasteiger partial charge is 0.507 e. The molecule has 8 nitrogen and oxygen atoms in total. The summed E-state index contributed by atoms with van der Waals surface area (Å²) in [5.74, 6) is 0.494. The fourth-order valence-corrected chi connectivity index (χ4v) is 3.99. The first-order valence-electron chi connectivity index (χ1n) is 9.27. The van der Waals surface area contributed by atoms with Crippen LogP contribution in [0.1, 0.15) is 12.8 Å². The SMILES string of the molecule is Oc1cc(-n2ccnn2)ccc1-c1ccc(O[C@@H]2[C@@H]3CC[C@@H](NC3)[C@H]2F)nn1. The van der Waals surface area contributed by atoms with E-state index in [4.69, 9.17) is 4.74 Å². The fourth-order valence-electron chi connectivity index (χ4n) is 3.99. The van der Waals surface area contributed by atoms with Crippen LogP contribution >= 0.6 is 0 Å². The van der Waals surface area contributed by atoms with Crippen LogP contribution in [0.2, 0.25) is 0 Å². The van der Waals surface area contributed by atoms with Gasteiger partial charge in [0.05, 0.1) is 23.8 Å². The minimum Gasteiger partial charge on any atom is -0.507 e. The van der Waals surface area contributed by atoms with E-state index >= 15 is 0 Å². The number of aromatic hydroxyl groups is 1. The summed E-state index contributed by atoms with van der Waals surface area (Å²) < 4.78 is 21.9. The van der Waals surface area contributed by atoms with E-state index in [0.717, 1.165) is 19.4 Å². The molecule has 0 radical (unpaired) electrons. The summed E-state index contributed by atoms with van der Waals surface area (Å²) in [6.45, 7) is 0.771. The van der Waals surface area contributed by atoms with Crippen molar-refractivity contribution in [2.75, 3.05) is 6.54 Å². The first-order chi connectivity index (χ1) is 13.7. The highest BCUT2D eigenvalue weighted by Crippen LogP contribution is 2.35. The van der Waals surface area contributed by atoms with Gasteiger partial charge in [0.25, 0.3) is 0 Å². The van der Waals surface area contributed by atoms with Gasteiger partial charge in [0, 0.05) is 36.2 Å². The van der Waals surface area contributed by atoms with Gasteiger partial charge in [0.1, 0.15) is 11.9 Å². The van der Waals surface area contributed by atoms with Crippen LogP contribution < -0.4 is 10.1 Å². The second-order valence-corrected chi connectivity index (χ2v) is 7.18. The number of halogens is 1. The molecule has 4 heterocycles. The average Bonchev–Trinajstić information content (AvgIpc) is 3.27. The highest BCUT2D eigenvalue weighted by molar-refractivity contribution is 5.68. The van der Waals surface area contributed by atoms with Crippen molar-refractivity contribution in [1.82, 2.24) is 30.5 Å². The maximum atomic E-state index is 14.5. The number of alkyl halides is 1. The van der Waals surface area contributed by atoms with E-state index in [0.29, 0.717) is 22.8 Å². The van der Waals surface area contributed by atoms with E-state index in [2.05, 4.69) is 25.8 Å². The average molecular weight is 382 g/mol. The number of fused-ring (bicyclic) bond motifs is 3. The number of benzene rings is 1. The monoisotopic (exact) mass is 382 g/mol. The van der Waals surface area contributed by atoms with E-state index in [1.54, 1.807) is 47.4 Å². The quantitative estimate of drug-likeness (QED) is 0.711. The van der Waals surface area contributed by atoms with E-state index in [1.165, 1.54) is 0 Å². The minimum atomic E-state index is -1.04. The Morgan fingerprint density at radius 3 is 2.75 bits per heavy atom. The summed E-state index contributed by atoms with van der Waals surface area (Å²) in [6.07, 6.45) is 3.52. The van der Waals surface area contributed by atoms with E-state index in [-0.39, 0.29) is 17.7 Å². The zero-order chi connectivity index (χ0) is 19.1. The van der Waals surface area contributed by atoms with Crippen molar-refractivity contribution in [1.29, 1.82) is 0 Å². The molecule has 28 heavy (non-hydrogen) atoms. The van der Waals surface area contributed by atoms with Gasteiger partial charge in [-0.1, -0.05) is 5.21 Å². The van der Waals surface area contributed by atoms with Crippen LogP contribution in [-0.2, 0) is 0 Å². The Morgan fingerprint density at radius 1 is 1.18 bits per heavy atom. The lowest BCUT2D eigenvalue weighted by Gasteiger charge is -2.44. The smallest absolute Gasteiger partial charge is 0.233 e. The van der Waals surface area contributed by atoms with Crippen LogP contribution in [0.4, 0.5) is 4.39 Å². The number of rotatable bonds is 4. The summed E-state index contributed by atoms with van der Waals surface area (Å²) in [5, 5.41) is 29.4. The number of phenolic OH excluding ortho intramolecular Hbond substituents is 1. The molecule has 4 atom stereocenters. The van der Waals surface area contributed by atoms with Gasteiger partial charge in [-0.3, -0.25) is 0 Å². The third-order valence-corrected chi connectivity index (χ3v) is 5.49. The van der Waals surface area contributed by atoms with Crippen molar-refractivity contribution in [2.45, 2.75) is 31.2 Å². The van der Waals surface area contributed by atoms with Gasteiger partial charge in [0.15, 0.2) is 6.17 Å². The van der Waals surface area contributed by atoms with Crippen molar-refractivity contribution < 1.29 is 14.2 Å². The van der Waals surface area contributed by atoms with Gasteiger partial charge in [-0.25, -0.2) is 9.07 Å². The molecule has 2 N–H and O–H groups in total. The fraction of sp³-hybridized carbons (Fsp3) is 0.368. The number of phenols is 1. The number of hydrogen-bond acceptors (Lipinski definition) is 7. The van der Waals surface area contributed by atoms with Gasteiger partial charge in [-0.05, 0) is 31.0 Å². The predicted molar refractivity (Wildman–Crippen MR) is 97.9 cm³/mol. The molecule has 2 aliphatic heterocycles. The molecular formula is C19H19FN6O2. The maximum absolute atomic E-state index is 14.5. The minimum absolute atomic E-state index is 0.0513. The van der Waals surface area contributed by atoms with E-state index in [1.807, 2.05) is 0 Å². The van der Waals surface area contributed by atoms with Crippen LogP contribution in [-0.4, -0.2) is 55.2 Å². The van der Waals surface area contributed by atoms with Gasteiger partial charge < -0.3 is 15.2 Å². The second kappa shape index (κ2) is 6.83. The molecule has 3 aliphatic rings. The summed E-state index contributed by atoms with van der Waals surface area (Å²) in [5.41, 5.74) is 1.72. The molecule has 3 aromatic rings. The number of hydrogen-bond donors (Lipinski definition) is 2. The Balaban J connectivity index is 1.34. The van der Waals surface area contributed by atoms with Crippen LogP contribution in [0.5, 0.6) is 11.6 Å². The van der Waals surface area contributed by atoms with Crippen molar-refractivity contribution in [3.63, 3.8) is 0 Å². The van der Waals surface area contributed by atoms with E-state index in [9.17, 15) is 9.50 Å². The Bertz CT molecular complexity index is 955. The van der Waals surface area contributed by atoms with E-state index < -0.39 is 12.3 Å². The molecule has 0 unspecified atom stereocenters. The molecule has 2 bridgehead atoms. The molecule has 3 fully saturated rings. The number of ether oxygens (including phenoxy) is 1. The lowest BCUT2D eigenvalue weighted by Crippen LogP contribution is -2.61. The molecule has 9 heteroatoms. The predicted octanol–water partition coefficient (Wildman–Crippen LogP) is 1.90. The third kappa shape index (κ3) is 2.97. The highest BCUT2D eigenvalue weighted by atomic mass is 19.1. The van der Waals surface area contributed by atoms with Crippen molar-refractivity contribution >= 4 is 0 Å². The Kier molecular flexibility index (Phi) is 4.16. The standard InChI is InChI=1S/C19H19FN6O2/c20-18-15-4-1-11(10-21-15)19(18)28-17-6-5-14(23-24-17)13-3-2-12(9-16(13)27)26-8-7-22-25-26/h2-3,5-9,11,15,18-19,21,27H,1,4,10H2/t11-,15-,18-,19-/m1/s1. The van der Waals surface area contributed by atoms with Crippen molar-refractivity contribution in [3.05, 3.63) is 42.7 Å². The number of piperidine rings is 2. The van der Waals surface area contributed by atoms with Gasteiger partial charge in [-0.15, -0.1) is 15.3 Å². The van der Waals surface area contributed by atoms with Gasteiger partial charge >= 0.3 is 0 Å². The molecular weight excluding hydrogens is 363 g/mol. The molecule has 1 saturated carbocycles. The molecule has 2 saturated heterocycles. The van der Waals surface area contributed by atoms with Crippen LogP contribution in [0.15, 0.2) is 42.7 Å². The number of nitrogens with one attached hydrogen (secondary N) is 1. The summed E-state index contributed by atoms with van der Waals surface area (Å²) >= 11 is 0. The maximum Gasteiger partial charge on any atom is 0.233 e. The second-order valence-electron chi connectivity index (χ2n) is 7.18. The molecule has 144 valence electrons. The Hall–Kier alpha value is -3.07. The topological polar surface area (TPSA) is 98.0 Å². The summed E-state index contributed by atoms with van der Waals surface area (Å²) in [4.78, 5) is 0. The summed E-state index contributed by atoms with van der Waals surface area (Å²) in [6, 6.07) is 8.35. The highest BCUT2D eigenvalue weighted by Gasteiger charge is 2.45. The molecule has 1 aromatic carbocycles. The lowest BCUT2D eigenvalue weighted by molar-refractivity contribution is -0.0353. The van der Waals surface area contributed by atoms with Crippen LogP contribution in [0.3, 0.4) is 0 Å². The molecule has 2 aromatic heterocycles. The molecule has 6 rings (SSSR count). The van der Waals surface area contributed by atoms with Crippen LogP contribution in [0, 0.1) is 5.92 Å². The Morgan fingerprint density at radius 2 is 2.11 bits per heavy atom. The van der Waals surface area contributed by atoms with Crippen LogP contribution in [0.25, 0.3) is 16.9 Å². The number of aromatic nitrogens is 5. The zero-order valence-corrected chi connectivity index (χ0v) is 14.9. The molecule has 0 spiro atoms. The van der Waals surface area contributed by atoms with Crippen molar-refractivity contribution in [2.24, 2.45) is 5.92 Å². The van der Waals surface area contributed by atoms with Gasteiger partial charge in [0.2, 0.25) is 5.88 Å². The first kappa shape index (κ1) is 17.1. The molecule has 1 aliphatic carbocycles. The third-order valence-electron chi connectivity index (χ3n) is 5.49.